The van der Waals surface area contributed by atoms with Crippen LogP contribution >= 0.6 is 0 Å². The number of nitrogens with zero attached hydrogens (tertiary/aromatic N) is 1. The van der Waals surface area contributed by atoms with Crippen molar-refractivity contribution in [3.05, 3.63) is 18.2 Å². The first-order chi connectivity index (χ1) is 8.17. The van der Waals surface area contributed by atoms with Crippen molar-refractivity contribution in [2.24, 2.45) is 5.92 Å². The average Bonchev–Trinajstić information content (AvgIpc) is 2.29. The van der Waals surface area contributed by atoms with Gasteiger partial charge in [0.05, 0.1) is 19.3 Å². The summed E-state index contributed by atoms with van der Waals surface area (Å²) in [6, 6.07) is 5.98. The fourth-order valence-electron chi connectivity index (χ4n) is 1.49. The zero-order chi connectivity index (χ0) is 12.7. The van der Waals surface area contributed by atoms with Gasteiger partial charge in [0.15, 0.2) is 0 Å². The molecule has 1 aromatic rings. The molecule has 1 aromatic heterocycles. The van der Waals surface area contributed by atoms with E-state index in [0.29, 0.717) is 25.0 Å². The normalized spacial score (nSPS) is 12.5. The Kier molecular flexibility index (Phi) is 5.77. The Hall–Kier alpha value is -1.29. The molecule has 0 amide bonds. The molecular weight excluding hydrogens is 216 g/mol. The number of pyridine rings is 1. The van der Waals surface area contributed by atoms with E-state index in [-0.39, 0.29) is 6.04 Å². The summed E-state index contributed by atoms with van der Waals surface area (Å²) in [7, 11) is 1.71. The van der Waals surface area contributed by atoms with E-state index >= 15 is 0 Å². The van der Waals surface area contributed by atoms with Gasteiger partial charge in [0, 0.05) is 13.2 Å². The van der Waals surface area contributed by atoms with Crippen molar-refractivity contribution in [2.45, 2.75) is 26.8 Å². The van der Waals surface area contributed by atoms with Gasteiger partial charge in [0.1, 0.15) is 5.82 Å². The van der Waals surface area contributed by atoms with Gasteiger partial charge in [-0.05, 0) is 18.9 Å². The number of anilines is 1. The maximum atomic E-state index is 5.37. The Morgan fingerprint density at radius 2 is 2.12 bits per heavy atom. The van der Waals surface area contributed by atoms with Crippen LogP contribution in [0.5, 0.6) is 5.88 Å². The first kappa shape index (κ1) is 13.8. The molecule has 1 unspecified atom stereocenters. The quantitative estimate of drug-likeness (QED) is 0.793. The lowest BCUT2D eigenvalue weighted by Gasteiger charge is -2.22. The van der Waals surface area contributed by atoms with Gasteiger partial charge in [0.2, 0.25) is 5.88 Å². The minimum Gasteiger partial charge on any atom is -0.478 e. The van der Waals surface area contributed by atoms with Crippen LogP contribution in [0.15, 0.2) is 18.2 Å². The van der Waals surface area contributed by atoms with Crippen molar-refractivity contribution in [3.63, 3.8) is 0 Å². The summed E-state index contributed by atoms with van der Waals surface area (Å²) >= 11 is 0. The van der Waals surface area contributed by atoms with Crippen molar-refractivity contribution < 1.29 is 9.47 Å². The molecule has 4 nitrogen and oxygen atoms in total. The average molecular weight is 238 g/mol. The molecule has 1 rings (SSSR count). The highest BCUT2D eigenvalue weighted by Gasteiger charge is 2.13. The van der Waals surface area contributed by atoms with E-state index in [2.05, 4.69) is 24.1 Å². The van der Waals surface area contributed by atoms with Crippen molar-refractivity contribution in [3.8, 4) is 5.88 Å². The number of nitrogens with one attached hydrogen (secondary N) is 1. The highest BCUT2D eigenvalue weighted by Crippen LogP contribution is 2.14. The lowest BCUT2D eigenvalue weighted by atomic mass is 10.1. The van der Waals surface area contributed by atoms with Crippen LogP contribution in [0.1, 0.15) is 20.8 Å². The molecule has 0 aliphatic carbocycles. The molecule has 0 saturated carbocycles. The molecule has 0 saturated heterocycles. The summed E-state index contributed by atoms with van der Waals surface area (Å²) in [5.41, 5.74) is 0. The van der Waals surface area contributed by atoms with Gasteiger partial charge in [-0.2, -0.15) is 4.98 Å². The zero-order valence-corrected chi connectivity index (χ0v) is 11.1. The standard InChI is InChI=1S/C13H22N2O2/c1-5-17-13-8-6-7-12(15-13)14-11(9-16-4)10(2)3/h6-8,10-11H,5,9H2,1-4H3,(H,14,15). The summed E-state index contributed by atoms with van der Waals surface area (Å²) < 4.78 is 10.6. The van der Waals surface area contributed by atoms with E-state index < -0.39 is 0 Å². The zero-order valence-electron chi connectivity index (χ0n) is 11.1. The Morgan fingerprint density at radius 1 is 1.35 bits per heavy atom. The third kappa shape index (κ3) is 4.61. The Bertz CT molecular complexity index is 329. The molecule has 1 atom stereocenters. The van der Waals surface area contributed by atoms with Gasteiger partial charge in [-0.3, -0.25) is 0 Å². The SMILES string of the molecule is CCOc1cccc(NC(COC)C(C)C)n1. The predicted molar refractivity (Wildman–Crippen MR) is 69.5 cm³/mol. The summed E-state index contributed by atoms with van der Waals surface area (Å²) in [6.07, 6.45) is 0. The molecular formula is C13H22N2O2. The van der Waals surface area contributed by atoms with Gasteiger partial charge >= 0.3 is 0 Å². The van der Waals surface area contributed by atoms with Crippen molar-refractivity contribution in [2.75, 3.05) is 25.6 Å². The summed E-state index contributed by atoms with van der Waals surface area (Å²) in [4.78, 5) is 4.38. The first-order valence-electron chi connectivity index (χ1n) is 6.02. The number of rotatable bonds is 7. The van der Waals surface area contributed by atoms with E-state index in [0.717, 1.165) is 5.82 Å². The molecule has 1 N–H and O–H groups in total. The molecule has 1 heterocycles. The van der Waals surface area contributed by atoms with Gasteiger partial charge in [-0.25, -0.2) is 0 Å². The number of methoxy groups -OCH3 is 1. The highest BCUT2D eigenvalue weighted by atomic mass is 16.5. The molecule has 0 aliphatic rings. The Balaban J connectivity index is 2.68. The molecule has 0 fully saturated rings. The van der Waals surface area contributed by atoms with Crippen LogP contribution in [0.3, 0.4) is 0 Å². The lowest BCUT2D eigenvalue weighted by Crippen LogP contribution is -2.30. The second kappa shape index (κ2) is 7.12. The van der Waals surface area contributed by atoms with Gasteiger partial charge < -0.3 is 14.8 Å². The minimum atomic E-state index is 0.254. The van der Waals surface area contributed by atoms with Crippen LogP contribution in [-0.2, 0) is 4.74 Å². The van der Waals surface area contributed by atoms with Gasteiger partial charge in [-0.1, -0.05) is 19.9 Å². The third-order valence-corrected chi connectivity index (χ3v) is 2.50. The fraction of sp³-hybridized carbons (Fsp3) is 0.615. The van der Waals surface area contributed by atoms with Crippen LogP contribution in [0.25, 0.3) is 0 Å². The van der Waals surface area contributed by atoms with Crippen molar-refractivity contribution in [1.29, 1.82) is 0 Å². The topological polar surface area (TPSA) is 43.4 Å². The number of hydrogen-bond donors (Lipinski definition) is 1. The highest BCUT2D eigenvalue weighted by molar-refractivity contribution is 5.38. The molecule has 0 bridgehead atoms. The van der Waals surface area contributed by atoms with Crippen molar-refractivity contribution >= 4 is 5.82 Å². The molecule has 17 heavy (non-hydrogen) atoms. The fourth-order valence-corrected chi connectivity index (χ4v) is 1.49. The number of hydrogen-bond acceptors (Lipinski definition) is 4. The lowest BCUT2D eigenvalue weighted by molar-refractivity contribution is 0.171. The van der Waals surface area contributed by atoms with Gasteiger partial charge in [0.25, 0.3) is 0 Å². The first-order valence-corrected chi connectivity index (χ1v) is 6.02. The van der Waals surface area contributed by atoms with Crippen LogP contribution in [0.4, 0.5) is 5.82 Å². The largest absolute Gasteiger partial charge is 0.478 e. The van der Waals surface area contributed by atoms with E-state index in [1.54, 1.807) is 7.11 Å². The second-order valence-corrected chi connectivity index (χ2v) is 4.24. The van der Waals surface area contributed by atoms with E-state index in [4.69, 9.17) is 9.47 Å². The summed E-state index contributed by atoms with van der Waals surface area (Å²) in [6.45, 7) is 7.55. The molecule has 4 heteroatoms. The molecule has 0 aliphatic heterocycles. The third-order valence-electron chi connectivity index (χ3n) is 2.50. The molecule has 0 radical (unpaired) electrons. The van der Waals surface area contributed by atoms with Crippen LogP contribution in [0, 0.1) is 5.92 Å². The number of aromatic nitrogens is 1. The molecule has 0 aromatic carbocycles. The van der Waals surface area contributed by atoms with Gasteiger partial charge in [-0.15, -0.1) is 0 Å². The number of ether oxygens (including phenoxy) is 2. The second-order valence-electron chi connectivity index (χ2n) is 4.24. The van der Waals surface area contributed by atoms with E-state index in [1.807, 2.05) is 25.1 Å². The predicted octanol–water partition coefficient (Wildman–Crippen LogP) is 2.56. The Labute approximate surface area is 103 Å². The molecule has 96 valence electrons. The van der Waals surface area contributed by atoms with Crippen LogP contribution < -0.4 is 10.1 Å². The van der Waals surface area contributed by atoms with Crippen molar-refractivity contribution in [1.82, 2.24) is 4.98 Å². The maximum Gasteiger partial charge on any atom is 0.215 e. The van der Waals surface area contributed by atoms with E-state index in [1.165, 1.54) is 0 Å². The van der Waals surface area contributed by atoms with Crippen LogP contribution in [0.2, 0.25) is 0 Å². The monoisotopic (exact) mass is 238 g/mol. The minimum absolute atomic E-state index is 0.254. The summed E-state index contributed by atoms with van der Waals surface area (Å²) in [5, 5.41) is 3.36. The van der Waals surface area contributed by atoms with E-state index in [9.17, 15) is 0 Å². The Morgan fingerprint density at radius 3 is 2.71 bits per heavy atom. The summed E-state index contributed by atoms with van der Waals surface area (Å²) in [5.74, 6) is 1.96. The van der Waals surface area contributed by atoms with Crippen LogP contribution in [-0.4, -0.2) is 31.3 Å². The maximum absolute atomic E-state index is 5.37. The smallest absolute Gasteiger partial charge is 0.215 e. The molecule has 0 spiro atoms.